The number of benzene rings is 2. The van der Waals surface area contributed by atoms with Crippen LogP contribution in [-0.2, 0) is 11.8 Å². The maximum absolute atomic E-state index is 14.3. The topological polar surface area (TPSA) is 126 Å². The summed E-state index contributed by atoms with van der Waals surface area (Å²) in [7, 11) is 1.35. The Hall–Kier alpha value is -2.28. The summed E-state index contributed by atoms with van der Waals surface area (Å²) in [6.07, 6.45) is 0.398. The van der Waals surface area contributed by atoms with Crippen LogP contribution in [0.25, 0.3) is 11.1 Å². The summed E-state index contributed by atoms with van der Waals surface area (Å²) in [5, 5.41) is 27.4. The number of carboxylic acid groups (broad SMARTS) is 1. The summed E-state index contributed by atoms with van der Waals surface area (Å²) < 4.78 is 42.7. The first-order valence-corrected chi connectivity index (χ1v) is 9.45. The summed E-state index contributed by atoms with van der Waals surface area (Å²) in [5.41, 5.74) is -1.63. The zero-order valence-electron chi connectivity index (χ0n) is 19.0. The molecular formula is C22H16F3N3Na2O5. The number of anilines is 1. The molecule has 3 rings (SSSR count). The number of halogens is 3. The van der Waals surface area contributed by atoms with Crippen LogP contribution in [0.4, 0.5) is 23.7 Å². The van der Waals surface area contributed by atoms with Gasteiger partial charge in [-0.15, -0.1) is 0 Å². The Morgan fingerprint density at radius 3 is 2.34 bits per heavy atom. The molecule has 2 aromatic carbocycles. The quantitative estimate of drug-likeness (QED) is 0.327. The third-order valence-corrected chi connectivity index (χ3v) is 4.71. The molecule has 1 aromatic heterocycles. The summed E-state index contributed by atoms with van der Waals surface area (Å²) in [4.78, 5) is 35.7. The van der Waals surface area contributed by atoms with Crippen LogP contribution in [0.5, 0.6) is 5.75 Å². The molecule has 172 valence electrons. The molecule has 3 aromatic rings. The van der Waals surface area contributed by atoms with Crippen molar-refractivity contribution in [3.8, 4) is 16.9 Å². The van der Waals surface area contributed by atoms with E-state index in [1.807, 2.05) is 0 Å². The van der Waals surface area contributed by atoms with Gasteiger partial charge in [-0.3, -0.25) is 4.79 Å². The van der Waals surface area contributed by atoms with Crippen LogP contribution in [-0.4, -0.2) is 16.6 Å². The maximum Gasteiger partial charge on any atom is 1.00 e. The van der Waals surface area contributed by atoms with E-state index in [9.17, 15) is 37.8 Å². The second-order valence-electron chi connectivity index (χ2n) is 7.10. The van der Waals surface area contributed by atoms with Crippen molar-refractivity contribution in [3.63, 3.8) is 0 Å². The zero-order valence-corrected chi connectivity index (χ0v) is 23.0. The van der Waals surface area contributed by atoms with E-state index in [2.05, 4.69) is 10.6 Å². The van der Waals surface area contributed by atoms with Crippen molar-refractivity contribution in [1.82, 2.24) is 9.88 Å². The average molecular weight is 505 g/mol. The first-order chi connectivity index (χ1) is 15.5. The largest absolute Gasteiger partial charge is 1.00 e. The molecule has 0 radical (unpaired) electrons. The maximum atomic E-state index is 14.3. The Balaban J connectivity index is 0.00000306. The molecule has 35 heavy (non-hydrogen) atoms. The van der Waals surface area contributed by atoms with E-state index in [1.165, 1.54) is 19.3 Å². The van der Waals surface area contributed by atoms with E-state index in [4.69, 9.17) is 0 Å². The number of rotatable bonds is 6. The van der Waals surface area contributed by atoms with E-state index in [0.717, 1.165) is 34.9 Å². The molecule has 0 fully saturated rings. The third kappa shape index (κ3) is 7.86. The molecule has 0 saturated heterocycles. The van der Waals surface area contributed by atoms with Crippen molar-refractivity contribution in [1.29, 1.82) is 0 Å². The van der Waals surface area contributed by atoms with Gasteiger partial charge in [0.1, 0.15) is 23.1 Å². The predicted octanol–water partition coefficient (Wildman–Crippen LogP) is -4.45. The molecule has 1 atom stereocenters. The van der Waals surface area contributed by atoms with Crippen LogP contribution in [0.15, 0.2) is 53.5 Å². The van der Waals surface area contributed by atoms with E-state index in [0.29, 0.717) is 6.07 Å². The Morgan fingerprint density at radius 1 is 1.03 bits per heavy atom. The van der Waals surface area contributed by atoms with Crippen LogP contribution in [0.1, 0.15) is 18.0 Å². The van der Waals surface area contributed by atoms with E-state index in [-0.39, 0.29) is 75.8 Å². The van der Waals surface area contributed by atoms with Gasteiger partial charge in [0, 0.05) is 37.3 Å². The smallest absolute Gasteiger partial charge is 0.871 e. The molecule has 0 aliphatic carbocycles. The van der Waals surface area contributed by atoms with Crippen LogP contribution >= 0.6 is 0 Å². The number of carbonyl (C=O) groups excluding carboxylic acids is 2. The number of carboxylic acids is 1. The zero-order chi connectivity index (χ0) is 24.3. The summed E-state index contributed by atoms with van der Waals surface area (Å²) in [6.45, 7) is 0. The average Bonchev–Trinajstić information content (AvgIpc) is 2.72. The van der Waals surface area contributed by atoms with Gasteiger partial charge in [-0.1, -0.05) is 11.8 Å². The van der Waals surface area contributed by atoms with Gasteiger partial charge in [0.2, 0.25) is 0 Å². The minimum Gasteiger partial charge on any atom is -0.871 e. The summed E-state index contributed by atoms with van der Waals surface area (Å²) in [6, 6.07) is 4.29. The number of pyridine rings is 1. The number of carbonyl (C=O) groups is 2. The number of hydrogen-bond donors (Lipinski definition) is 2. The summed E-state index contributed by atoms with van der Waals surface area (Å²) in [5.74, 6) is -5.07. The van der Waals surface area contributed by atoms with Gasteiger partial charge in [-0.2, -0.15) is 0 Å². The first kappa shape index (κ1) is 30.8. The molecule has 2 amide bonds. The van der Waals surface area contributed by atoms with Crippen LogP contribution in [0, 0.1) is 17.5 Å². The van der Waals surface area contributed by atoms with E-state index < -0.39 is 58.9 Å². The number of nitrogens with zero attached hydrogens (tertiary/aromatic N) is 1. The molecule has 0 spiro atoms. The molecule has 2 N–H and O–H groups in total. The van der Waals surface area contributed by atoms with Crippen molar-refractivity contribution >= 4 is 17.7 Å². The van der Waals surface area contributed by atoms with Crippen LogP contribution in [0.2, 0.25) is 0 Å². The molecule has 0 aliphatic heterocycles. The minimum atomic E-state index is -1.60. The second kappa shape index (κ2) is 13.1. The number of aromatic nitrogens is 1. The van der Waals surface area contributed by atoms with Crippen molar-refractivity contribution in [2.45, 2.75) is 12.5 Å². The molecule has 13 heteroatoms. The number of aryl methyl sites for hydroxylation is 1. The van der Waals surface area contributed by atoms with Gasteiger partial charge in [-0.05, 0) is 41.5 Å². The molecule has 0 unspecified atom stereocenters. The fraction of sp³-hybridized carbons (Fsp3) is 0.136. The van der Waals surface area contributed by atoms with Gasteiger partial charge < -0.3 is 30.2 Å². The van der Waals surface area contributed by atoms with Gasteiger partial charge in [0.15, 0.2) is 0 Å². The Labute approximate surface area is 241 Å². The van der Waals surface area contributed by atoms with Crippen molar-refractivity contribution < 1.29 is 92.1 Å². The number of hydrogen-bond acceptors (Lipinski definition) is 5. The van der Waals surface area contributed by atoms with Gasteiger partial charge >= 0.3 is 65.1 Å². The van der Waals surface area contributed by atoms with E-state index in [1.54, 1.807) is 0 Å². The number of urea groups is 1. The van der Waals surface area contributed by atoms with Crippen molar-refractivity contribution in [3.05, 3.63) is 82.0 Å². The normalized spacial score (nSPS) is 11.0. The van der Waals surface area contributed by atoms with Crippen LogP contribution < -0.4 is 85.5 Å². The minimum absolute atomic E-state index is 0. The van der Waals surface area contributed by atoms with Gasteiger partial charge in [0.05, 0.1) is 6.04 Å². The Kier molecular flexibility index (Phi) is 11.5. The standard InChI is InChI=1S/C22H18F3N3O5.2Na/c1-28-5-4-18(29)20(21(28)32)27-22(33)26-17(10-19(30)31)12-6-11(7-14(24)8-12)15-3-2-13(23)9-16(15)25;;/h2-9,17,29H,10H2,1H3,(H,30,31)(H2,26,27,33);;/q;2*+1/p-2/t17-;;/m0../s1. The molecule has 0 aliphatic rings. The monoisotopic (exact) mass is 505 g/mol. The van der Waals surface area contributed by atoms with Crippen molar-refractivity contribution in [2.24, 2.45) is 7.05 Å². The fourth-order valence-electron chi connectivity index (χ4n) is 3.15. The predicted molar refractivity (Wildman–Crippen MR) is 107 cm³/mol. The molecule has 8 nitrogen and oxygen atoms in total. The molecule has 0 saturated carbocycles. The van der Waals surface area contributed by atoms with Crippen molar-refractivity contribution in [2.75, 3.05) is 5.32 Å². The molecule has 1 heterocycles. The number of amides is 2. The number of aliphatic carboxylic acids is 1. The second-order valence-corrected chi connectivity index (χ2v) is 7.10. The Bertz CT molecular complexity index is 1300. The van der Waals surface area contributed by atoms with E-state index >= 15 is 0 Å². The first-order valence-electron chi connectivity index (χ1n) is 9.45. The summed E-state index contributed by atoms with van der Waals surface area (Å²) >= 11 is 0. The van der Waals surface area contributed by atoms with Gasteiger partial charge in [-0.25, -0.2) is 18.0 Å². The molecule has 0 bridgehead atoms. The van der Waals surface area contributed by atoms with Gasteiger partial charge in [0.25, 0.3) is 5.56 Å². The SMILES string of the molecule is Cn1ccc([O-])c(NC(=O)N[C@@H](CC(=O)[O-])c2cc(F)cc(-c3ccc(F)cc3F)c2)c1=O.[Na+].[Na+]. The fourth-order valence-corrected chi connectivity index (χ4v) is 3.15. The Morgan fingerprint density at radius 2 is 1.71 bits per heavy atom. The third-order valence-electron chi connectivity index (χ3n) is 4.71. The van der Waals surface area contributed by atoms with Crippen LogP contribution in [0.3, 0.4) is 0 Å². The molecular weight excluding hydrogens is 489 g/mol. The number of nitrogens with one attached hydrogen (secondary N) is 2.